The summed E-state index contributed by atoms with van der Waals surface area (Å²) in [7, 11) is 1.67. The van der Waals surface area contributed by atoms with Crippen LogP contribution in [-0.2, 0) is 14.2 Å². The molecule has 1 N–H and O–H groups in total. The molecule has 0 aliphatic carbocycles. The van der Waals surface area contributed by atoms with Crippen molar-refractivity contribution in [3.63, 3.8) is 0 Å². The molecule has 0 saturated carbocycles. The Labute approximate surface area is 106 Å². The van der Waals surface area contributed by atoms with Crippen molar-refractivity contribution >= 4 is 0 Å². The molecule has 17 heavy (non-hydrogen) atoms. The highest BCUT2D eigenvalue weighted by atomic mass is 16.5. The van der Waals surface area contributed by atoms with Crippen LogP contribution in [0.2, 0.25) is 0 Å². The van der Waals surface area contributed by atoms with E-state index in [9.17, 15) is 0 Å². The lowest BCUT2D eigenvalue weighted by Gasteiger charge is -2.26. The van der Waals surface area contributed by atoms with Gasteiger partial charge in [-0.25, -0.2) is 0 Å². The first-order valence-electron chi connectivity index (χ1n) is 6.36. The fraction of sp³-hybridized carbons (Fsp3) is 1.00. The third kappa shape index (κ3) is 12.1. The molecule has 0 aliphatic heterocycles. The number of nitrogens with one attached hydrogen (secondary N) is 1. The van der Waals surface area contributed by atoms with E-state index in [0.717, 1.165) is 13.2 Å². The highest BCUT2D eigenvalue weighted by Gasteiger charge is 2.17. The van der Waals surface area contributed by atoms with Crippen LogP contribution in [0.4, 0.5) is 0 Å². The van der Waals surface area contributed by atoms with Crippen LogP contribution in [0.15, 0.2) is 0 Å². The van der Waals surface area contributed by atoms with Crippen LogP contribution in [-0.4, -0.2) is 52.7 Å². The minimum atomic E-state index is 0.163. The summed E-state index contributed by atoms with van der Waals surface area (Å²) in [6, 6.07) is 0.520. The molecule has 0 spiro atoms. The second-order valence-electron chi connectivity index (χ2n) is 5.36. The van der Waals surface area contributed by atoms with Gasteiger partial charge < -0.3 is 19.5 Å². The minimum absolute atomic E-state index is 0.163. The number of hydrogen-bond acceptors (Lipinski definition) is 4. The molecule has 0 heterocycles. The topological polar surface area (TPSA) is 39.7 Å². The molecular weight excluding hydrogens is 218 g/mol. The lowest BCUT2D eigenvalue weighted by Crippen LogP contribution is -2.37. The molecule has 0 bridgehead atoms. The first kappa shape index (κ1) is 16.8. The summed E-state index contributed by atoms with van der Waals surface area (Å²) >= 11 is 0. The number of ether oxygens (including phenoxy) is 3. The molecule has 0 atom stereocenters. The predicted molar refractivity (Wildman–Crippen MR) is 70.4 cm³/mol. The van der Waals surface area contributed by atoms with Crippen LogP contribution in [0.3, 0.4) is 0 Å². The van der Waals surface area contributed by atoms with Crippen molar-refractivity contribution in [2.24, 2.45) is 5.41 Å². The van der Waals surface area contributed by atoms with Crippen LogP contribution >= 0.6 is 0 Å². The molecule has 0 aromatic heterocycles. The molecular formula is C13H29NO3. The molecule has 4 nitrogen and oxygen atoms in total. The van der Waals surface area contributed by atoms with Gasteiger partial charge in [-0.05, 0) is 0 Å². The Balaban J connectivity index is 3.39. The lowest BCUT2D eigenvalue weighted by molar-refractivity contribution is 0.00223. The monoisotopic (exact) mass is 247 g/mol. The van der Waals surface area contributed by atoms with E-state index in [-0.39, 0.29) is 5.41 Å². The van der Waals surface area contributed by atoms with Gasteiger partial charge in [0.1, 0.15) is 0 Å². The average Bonchev–Trinajstić information content (AvgIpc) is 2.25. The zero-order valence-electron chi connectivity index (χ0n) is 12.0. The number of hydrogen-bond donors (Lipinski definition) is 1. The van der Waals surface area contributed by atoms with Gasteiger partial charge in [-0.3, -0.25) is 0 Å². The van der Waals surface area contributed by atoms with Gasteiger partial charge in [0.2, 0.25) is 0 Å². The zero-order chi connectivity index (χ0) is 13.1. The molecule has 0 saturated heterocycles. The molecule has 4 heteroatoms. The number of rotatable bonds is 11. The maximum Gasteiger partial charge on any atom is 0.0701 e. The Morgan fingerprint density at radius 2 is 1.59 bits per heavy atom. The van der Waals surface area contributed by atoms with Crippen LogP contribution in [0.5, 0.6) is 0 Å². The minimum Gasteiger partial charge on any atom is -0.382 e. The first-order chi connectivity index (χ1) is 7.98. The Hall–Kier alpha value is -0.160. The van der Waals surface area contributed by atoms with Crippen LogP contribution in [0, 0.1) is 5.41 Å². The zero-order valence-corrected chi connectivity index (χ0v) is 12.0. The van der Waals surface area contributed by atoms with E-state index in [4.69, 9.17) is 14.2 Å². The number of methoxy groups -OCH3 is 1. The van der Waals surface area contributed by atoms with Gasteiger partial charge in [0.15, 0.2) is 0 Å². The molecule has 104 valence electrons. The molecule has 0 amide bonds. The lowest BCUT2D eigenvalue weighted by atomic mass is 9.94. The highest BCUT2D eigenvalue weighted by Crippen LogP contribution is 2.13. The van der Waals surface area contributed by atoms with E-state index < -0.39 is 0 Å². The van der Waals surface area contributed by atoms with Gasteiger partial charge >= 0.3 is 0 Å². The van der Waals surface area contributed by atoms with Crippen molar-refractivity contribution in [2.45, 2.75) is 33.7 Å². The van der Waals surface area contributed by atoms with Crippen LogP contribution in [0.1, 0.15) is 27.7 Å². The van der Waals surface area contributed by atoms with Crippen molar-refractivity contribution < 1.29 is 14.2 Å². The SMILES string of the molecule is COCCOCCOCC(C)(C)CNC(C)C. The summed E-state index contributed by atoms with van der Waals surface area (Å²) < 4.78 is 15.8. The molecule has 0 rings (SSSR count). The maximum absolute atomic E-state index is 5.61. The Kier molecular flexibility index (Phi) is 9.74. The quantitative estimate of drug-likeness (QED) is 0.564. The van der Waals surface area contributed by atoms with Crippen molar-refractivity contribution in [3.05, 3.63) is 0 Å². The molecule has 0 aliphatic rings. The normalized spacial score (nSPS) is 12.4. The largest absolute Gasteiger partial charge is 0.382 e. The molecule has 0 fully saturated rings. The Bertz CT molecular complexity index is 172. The van der Waals surface area contributed by atoms with Crippen molar-refractivity contribution in [1.29, 1.82) is 0 Å². The Morgan fingerprint density at radius 3 is 2.18 bits per heavy atom. The summed E-state index contributed by atoms with van der Waals surface area (Å²) in [5.41, 5.74) is 0.163. The van der Waals surface area contributed by atoms with E-state index in [1.807, 2.05) is 0 Å². The summed E-state index contributed by atoms with van der Waals surface area (Å²) in [4.78, 5) is 0. The van der Waals surface area contributed by atoms with Gasteiger partial charge in [-0.2, -0.15) is 0 Å². The standard InChI is InChI=1S/C13H29NO3/c1-12(2)14-10-13(3,4)11-17-9-8-16-7-6-15-5/h12,14H,6-11H2,1-5H3. The smallest absolute Gasteiger partial charge is 0.0701 e. The van der Waals surface area contributed by atoms with Crippen LogP contribution in [0.25, 0.3) is 0 Å². The summed E-state index contributed by atoms with van der Waals surface area (Å²) in [5, 5.41) is 3.43. The van der Waals surface area contributed by atoms with Crippen LogP contribution < -0.4 is 5.32 Å². The predicted octanol–water partition coefficient (Wildman–Crippen LogP) is 1.69. The molecule has 0 unspecified atom stereocenters. The third-order valence-corrected chi connectivity index (χ3v) is 2.29. The van der Waals surface area contributed by atoms with Gasteiger partial charge in [-0.15, -0.1) is 0 Å². The fourth-order valence-corrected chi connectivity index (χ4v) is 1.24. The van der Waals surface area contributed by atoms with Crippen molar-refractivity contribution in [2.75, 3.05) is 46.7 Å². The van der Waals surface area contributed by atoms with E-state index in [1.54, 1.807) is 7.11 Å². The van der Waals surface area contributed by atoms with E-state index >= 15 is 0 Å². The summed E-state index contributed by atoms with van der Waals surface area (Å²) in [5.74, 6) is 0. The molecule has 0 aromatic rings. The Morgan fingerprint density at radius 1 is 1.00 bits per heavy atom. The third-order valence-electron chi connectivity index (χ3n) is 2.29. The van der Waals surface area contributed by atoms with E-state index in [2.05, 4.69) is 33.0 Å². The first-order valence-corrected chi connectivity index (χ1v) is 6.36. The second kappa shape index (κ2) is 9.83. The van der Waals surface area contributed by atoms with Gasteiger partial charge in [0.25, 0.3) is 0 Å². The van der Waals surface area contributed by atoms with E-state index in [0.29, 0.717) is 32.5 Å². The second-order valence-corrected chi connectivity index (χ2v) is 5.36. The molecule has 0 aromatic carbocycles. The van der Waals surface area contributed by atoms with Gasteiger partial charge in [0, 0.05) is 25.1 Å². The van der Waals surface area contributed by atoms with E-state index in [1.165, 1.54) is 0 Å². The maximum atomic E-state index is 5.61. The summed E-state index contributed by atoms with van der Waals surface area (Å²) in [6.07, 6.45) is 0. The van der Waals surface area contributed by atoms with Crippen molar-refractivity contribution in [1.82, 2.24) is 5.32 Å². The van der Waals surface area contributed by atoms with Gasteiger partial charge in [0.05, 0.1) is 33.0 Å². The highest BCUT2D eigenvalue weighted by molar-refractivity contribution is 4.72. The molecule has 0 radical (unpaired) electrons. The summed E-state index contributed by atoms with van der Waals surface area (Å²) in [6.45, 7) is 13.0. The van der Waals surface area contributed by atoms with Gasteiger partial charge in [-0.1, -0.05) is 27.7 Å². The average molecular weight is 247 g/mol. The van der Waals surface area contributed by atoms with Crippen molar-refractivity contribution in [3.8, 4) is 0 Å². The fourth-order valence-electron chi connectivity index (χ4n) is 1.24.